The molecular formula is C15H33N3O2. The minimum absolute atomic E-state index is 0.164. The normalized spacial score (nSPS) is 13.2. The van der Waals surface area contributed by atoms with Crippen LogP contribution in [0.1, 0.15) is 33.6 Å². The Hall–Kier alpha value is -0.650. The van der Waals surface area contributed by atoms with Gasteiger partial charge in [-0.3, -0.25) is 4.79 Å². The van der Waals surface area contributed by atoms with Crippen LogP contribution < -0.4 is 5.32 Å². The lowest BCUT2D eigenvalue weighted by molar-refractivity contribution is -0.143. The van der Waals surface area contributed by atoms with Gasteiger partial charge in [0.25, 0.3) is 0 Å². The molecular weight excluding hydrogens is 254 g/mol. The Morgan fingerprint density at radius 2 is 1.80 bits per heavy atom. The van der Waals surface area contributed by atoms with Crippen LogP contribution in [0.4, 0.5) is 0 Å². The van der Waals surface area contributed by atoms with Crippen molar-refractivity contribution < 1.29 is 9.53 Å². The SMILES string of the molecule is CCCN(CCC(NC(C)C)C(=O)OC)CCN(C)C. The van der Waals surface area contributed by atoms with Gasteiger partial charge in [0.2, 0.25) is 0 Å². The van der Waals surface area contributed by atoms with E-state index >= 15 is 0 Å². The van der Waals surface area contributed by atoms with Crippen molar-refractivity contribution >= 4 is 5.97 Å². The summed E-state index contributed by atoms with van der Waals surface area (Å²) in [7, 11) is 5.62. The van der Waals surface area contributed by atoms with Gasteiger partial charge in [-0.25, -0.2) is 0 Å². The maximum atomic E-state index is 11.8. The van der Waals surface area contributed by atoms with Crippen LogP contribution in [0, 0.1) is 0 Å². The van der Waals surface area contributed by atoms with E-state index in [0.717, 1.165) is 39.0 Å². The fourth-order valence-corrected chi connectivity index (χ4v) is 2.12. The molecule has 0 aliphatic rings. The molecule has 0 saturated carbocycles. The zero-order chi connectivity index (χ0) is 15.5. The molecule has 120 valence electrons. The first-order chi connectivity index (χ1) is 9.40. The number of nitrogens with one attached hydrogen (secondary N) is 1. The number of nitrogens with zero attached hydrogens (tertiary/aromatic N) is 2. The van der Waals surface area contributed by atoms with Crippen molar-refractivity contribution in [2.75, 3.05) is 47.4 Å². The molecule has 0 saturated heterocycles. The summed E-state index contributed by atoms with van der Waals surface area (Å²) < 4.78 is 4.88. The zero-order valence-electron chi connectivity index (χ0n) is 14.1. The molecule has 0 radical (unpaired) electrons. The number of rotatable bonds is 11. The van der Waals surface area contributed by atoms with Crippen LogP contribution >= 0.6 is 0 Å². The Balaban J connectivity index is 4.33. The third-order valence-electron chi connectivity index (χ3n) is 3.16. The van der Waals surface area contributed by atoms with Gasteiger partial charge in [-0.2, -0.15) is 0 Å². The molecule has 0 aliphatic heterocycles. The quantitative estimate of drug-likeness (QED) is 0.578. The van der Waals surface area contributed by atoms with Crippen LogP contribution in [0.3, 0.4) is 0 Å². The molecule has 0 aromatic carbocycles. The van der Waals surface area contributed by atoms with Crippen molar-refractivity contribution in [3.8, 4) is 0 Å². The van der Waals surface area contributed by atoms with E-state index in [4.69, 9.17) is 4.74 Å². The second-order valence-electron chi connectivity index (χ2n) is 5.83. The second-order valence-corrected chi connectivity index (χ2v) is 5.83. The maximum absolute atomic E-state index is 11.8. The summed E-state index contributed by atoms with van der Waals surface area (Å²) in [6.07, 6.45) is 1.92. The van der Waals surface area contributed by atoms with E-state index in [1.165, 1.54) is 7.11 Å². The van der Waals surface area contributed by atoms with Crippen molar-refractivity contribution in [2.45, 2.75) is 45.7 Å². The summed E-state index contributed by atoms with van der Waals surface area (Å²) in [6.45, 7) is 10.4. The molecule has 0 aromatic heterocycles. The average Bonchev–Trinajstić information content (AvgIpc) is 2.38. The van der Waals surface area contributed by atoms with E-state index in [1.807, 2.05) is 13.8 Å². The van der Waals surface area contributed by atoms with Crippen LogP contribution in [-0.2, 0) is 9.53 Å². The van der Waals surface area contributed by atoms with E-state index in [9.17, 15) is 4.79 Å². The van der Waals surface area contributed by atoms with E-state index in [1.54, 1.807) is 0 Å². The molecule has 1 unspecified atom stereocenters. The summed E-state index contributed by atoms with van der Waals surface area (Å²) in [5, 5.41) is 3.28. The first-order valence-electron chi connectivity index (χ1n) is 7.61. The van der Waals surface area contributed by atoms with Crippen LogP contribution in [0.25, 0.3) is 0 Å². The van der Waals surface area contributed by atoms with E-state index in [-0.39, 0.29) is 18.1 Å². The smallest absolute Gasteiger partial charge is 0.322 e. The predicted molar refractivity (Wildman–Crippen MR) is 84.0 cm³/mol. The topological polar surface area (TPSA) is 44.8 Å². The lowest BCUT2D eigenvalue weighted by atomic mass is 10.1. The third-order valence-corrected chi connectivity index (χ3v) is 3.16. The largest absolute Gasteiger partial charge is 0.468 e. The summed E-state index contributed by atoms with van der Waals surface area (Å²) in [4.78, 5) is 16.4. The van der Waals surface area contributed by atoms with Crippen molar-refractivity contribution in [1.82, 2.24) is 15.1 Å². The van der Waals surface area contributed by atoms with Gasteiger partial charge in [0.15, 0.2) is 0 Å². The zero-order valence-corrected chi connectivity index (χ0v) is 14.1. The lowest BCUT2D eigenvalue weighted by Gasteiger charge is -2.26. The Morgan fingerprint density at radius 3 is 2.25 bits per heavy atom. The Morgan fingerprint density at radius 1 is 1.15 bits per heavy atom. The molecule has 0 aliphatic carbocycles. The monoisotopic (exact) mass is 287 g/mol. The van der Waals surface area contributed by atoms with Crippen LogP contribution in [0.2, 0.25) is 0 Å². The first-order valence-corrected chi connectivity index (χ1v) is 7.61. The average molecular weight is 287 g/mol. The molecule has 0 amide bonds. The highest BCUT2D eigenvalue weighted by atomic mass is 16.5. The highest BCUT2D eigenvalue weighted by Gasteiger charge is 2.20. The molecule has 0 heterocycles. The highest BCUT2D eigenvalue weighted by molar-refractivity contribution is 5.75. The number of methoxy groups -OCH3 is 1. The molecule has 0 bridgehead atoms. The fraction of sp³-hybridized carbons (Fsp3) is 0.933. The number of likely N-dealkylation sites (N-methyl/N-ethyl adjacent to an activating group) is 1. The van der Waals surface area contributed by atoms with Gasteiger partial charge in [0.05, 0.1) is 7.11 Å². The molecule has 0 fully saturated rings. The molecule has 5 nitrogen and oxygen atoms in total. The summed E-state index contributed by atoms with van der Waals surface area (Å²) >= 11 is 0. The minimum atomic E-state index is -0.210. The van der Waals surface area contributed by atoms with Crippen molar-refractivity contribution in [2.24, 2.45) is 0 Å². The van der Waals surface area contributed by atoms with Crippen LogP contribution in [0.15, 0.2) is 0 Å². The van der Waals surface area contributed by atoms with Gasteiger partial charge in [-0.05, 0) is 33.5 Å². The Kier molecular flexibility index (Phi) is 10.7. The van der Waals surface area contributed by atoms with Crippen LogP contribution in [-0.4, -0.2) is 75.2 Å². The second kappa shape index (κ2) is 11.1. The molecule has 1 N–H and O–H groups in total. The molecule has 5 heteroatoms. The summed E-state index contributed by atoms with van der Waals surface area (Å²) in [6, 6.07) is 0.0687. The fourth-order valence-electron chi connectivity index (χ4n) is 2.12. The number of hydrogen-bond donors (Lipinski definition) is 1. The van der Waals surface area contributed by atoms with Crippen molar-refractivity contribution in [3.05, 3.63) is 0 Å². The third kappa shape index (κ3) is 9.28. The van der Waals surface area contributed by atoms with Gasteiger partial charge < -0.3 is 19.9 Å². The first kappa shape index (κ1) is 19.4. The van der Waals surface area contributed by atoms with Crippen molar-refractivity contribution in [3.63, 3.8) is 0 Å². The number of carbonyl (C=O) groups is 1. The highest BCUT2D eigenvalue weighted by Crippen LogP contribution is 2.02. The standard InChI is InChI=1S/C15H33N3O2/c1-7-9-18(12-11-17(4)5)10-8-14(15(19)20-6)16-13(2)3/h13-14,16H,7-12H2,1-6H3. The van der Waals surface area contributed by atoms with Gasteiger partial charge >= 0.3 is 5.97 Å². The molecule has 1 atom stereocenters. The number of ether oxygens (including phenoxy) is 1. The molecule has 0 rings (SSSR count). The summed E-state index contributed by atoms with van der Waals surface area (Å²) in [5.41, 5.74) is 0. The number of hydrogen-bond acceptors (Lipinski definition) is 5. The lowest BCUT2D eigenvalue weighted by Crippen LogP contribution is -2.44. The predicted octanol–water partition coefficient (Wildman–Crippen LogP) is 1.19. The van der Waals surface area contributed by atoms with E-state index < -0.39 is 0 Å². The minimum Gasteiger partial charge on any atom is -0.468 e. The molecule has 20 heavy (non-hydrogen) atoms. The van der Waals surface area contributed by atoms with Gasteiger partial charge in [-0.15, -0.1) is 0 Å². The number of carbonyl (C=O) groups excluding carboxylic acids is 1. The van der Waals surface area contributed by atoms with Gasteiger partial charge in [0, 0.05) is 25.7 Å². The van der Waals surface area contributed by atoms with Crippen LogP contribution in [0.5, 0.6) is 0 Å². The Bertz CT molecular complexity index is 258. The van der Waals surface area contributed by atoms with E-state index in [2.05, 4.69) is 36.1 Å². The Labute approximate surface area is 124 Å². The van der Waals surface area contributed by atoms with Gasteiger partial charge in [0.1, 0.15) is 6.04 Å². The maximum Gasteiger partial charge on any atom is 0.322 e. The van der Waals surface area contributed by atoms with Crippen molar-refractivity contribution in [1.29, 1.82) is 0 Å². The molecule has 0 aromatic rings. The van der Waals surface area contributed by atoms with E-state index in [0.29, 0.717) is 0 Å². The number of esters is 1. The van der Waals surface area contributed by atoms with Gasteiger partial charge in [-0.1, -0.05) is 20.8 Å². The summed E-state index contributed by atoms with van der Waals surface area (Å²) in [5.74, 6) is -0.164. The molecule has 0 spiro atoms.